The number of hydrogen-bond donors (Lipinski definition) is 2. The third-order valence-electron chi connectivity index (χ3n) is 2.02. The first-order valence-corrected chi connectivity index (χ1v) is 6.86. The summed E-state index contributed by atoms with van der Waals surface area (Å²) in [6.07, 6.45) is 3.93. The molecular formula is C9H18N4O2S. The van der Waals surface area contributed by atoms with E-state index in [9.17, 15) is 8.42 Å². The van der Waals surface area contributed by atoms with Gasteiger partial charge in [-0.1, -0.05) is 0 Å². The Kier molecular flexibility index (Phi) is 4.91. The molecule has 16 heavy (non-hydrogen) atoms. The minimum absolute atomic E-state index is 0.0763. The van der Waals surface area contributed by atoms with Gasteiger partial charge in [0, 0.05) is 18.4 Å². The zero-order valence-corrected chi connectivity index (χ0v) is 10.2. The Morgan fingerprint density at radius 1 is 1.56 bits per heavy atom. The quantitative estimate of drug-likeness (QED) is 0.681. The molecule has 1 heterocycles. The van der Waals surface area contributed by atoms with Crippen LogP contribution in [0.5, 0.6) is 0 Å². The number of nitrogens with two attached hydrogens (primary N) is 1. The first-order chi connectivity index (χ1) is 7.53. The van der Waals surface area contributed by atoms with Crippen molar-refractivity contribution >= 4 is 10.0 Å². The molecule has 0 saturated carbocycles. The summed E-state index contributed by atoms with van der Waals surface area (Å²) in [6.45, 7) is 2.71. The minimum atomic E-state index is -3.22. The summed E-state index contributed by atoms with van der Waals surface area (Å²) in [5.74, 6) is 0.0763. The lowest BCUT2D eigenvalue weighted by Crippen LogP contribution is -2.37. The second-order valence-electron chi connectivity index (χ2n) is 3.71. The van der Waals surface area contributed by atoms with E-state index in [0.717, 1.165) is 0 Å². The van der Waals surface area contributed by atoms with Gasteiger partial charge in [0.2, 0.25) is 10.0 Å². The summed E-state index contributed by atoms with van der Waals surface area (Å²) < 4.78 is 27.3. The lowest BCUT2D eigenvalue weighted by molar-refractivity contribution is 0.493. The lowest BCUT2D eigenvalue weighted by atomic mass is 10.4. The van der Waals surface area contributed by atoms with Crippen LogP contribution in [0, 0.1) is 0 Å². The minimum Gasteiger partial charge on any atom is -0.330 e. The van der Waals surface area contributed by atoms with E-state index in [2.05, 4.69) is 9.82 Å². The fraction of sp³-hybridized carbons (Fsp3) is 0.667. The predicted octanol–water partition coefficient (Wildman–Crippen LogP) is -0.460. The van der Waals surface area contributed by atoms with E-state index in [4.69, 9.17) is 5.73 Å². The number of nitrogens with one attached hydrogen (secondary N) is 1. The molecule has 1 aromatic rings. The van der Waals surface area contributed by atoms with Gasteiger partial charge in [0.1, 0.15) is 0 Å². The van der Waals surface area contributed by atoms with Gasteiger partial charge in [-0.05, 0) is 26.0 Å². The maximum Gasteiger partial charge on any atom is 0.211 e. The highest BCUT2D eigenvalue weighted by molar-refractivity contribution is 7.89. The van der Waals surface area contributed by atoms with Crippen molar-refractivity contribution in [2.45, 2.75) is 25.9 Å². The molecule has 3 N–H and O–H groups in total. The Bertz CT molecular complexity index is 388. The van der Waals surface area contributed by atoms with Gasteiger partial charge in [0.15, 0.2) is 0 Å². The zero-order chi connectivity index (χ0) is 12.0. The second-order valence-corrected chi connectivity index (χ2v) is 5.58. The predicted molar refractivity (Wildman–Crippen MR) is 62.3 cm³/mol. The average Bonchev–Trinajstić information content (AvgIpc) is 2.66. The Morgan fingerprint density at radius 3 is 2.88 bits per heavy atom. The molecule has 0 saturated heterocycles. The molecular weight excluding hydrogens is 228 g/mol. The number of hydrogen-bond acceptors (Lipinski definition) is 4. The van der Waals surface area contributed by atoms with Crippen LogP contribution in [-0.2, 0) is 16.6 Å². The molecule has 1 unspecified atom stereocenters. The van der Waals surface area contributed by atoms with E-state index in [-0.39, 0.29) is 11.8 Å². The van der Waals surface area contributed by atoms with E-state index in [1.54, 1.807) is 23.1 Å². The molecule has 1 aromatic heterocycles. The van der Waals surface area contributed by atoms with Crippen LogP contribution in [-0.4, -0.2) is 36.5 Å². The summed E-state index contributed by atoms with van der Waals surface area (Å²) in [5.41, 5.74) is 5.27. The monoisotopic (exact) mass is 246 g/mol. The summed E-state index contributed by atoms with van der Waals surface area (Å²) in [4.78, 5) is 0. The van der Waals surface area contributed by atoms with Crippen LogP contribution in [0.2, 0.25) is 0 Å². The van der Waals surface area contributed by atoms with Crippen LogP contribution in [0.3, 0.4) is 0 Å². The molecule has 0 amide bonds. The molecule has 0 aliphatic rings. The van der Waals surface area contributed by atoms with Crippen LogP contribution in [0.1, 0.15) is 13.3 Å². The fourth-order valence-corrected chi connectivity index (χ4v) is 2.72. The molecule has 1 rings (SSSR count). The van der Waals surface area contributed by atoms with Gasteiger partial charge in [0.05, 0.1) is 12.3 Å². The highest BCUT2D eigenvalue weighted by Gasteiger charge is 2.13. The smallest absolute Gasteiger partial charge is 0.211 e. The van der Waals surface area contributed by atoms with E-state index >= 15 is 0 Å². The number of sulfonamides is 1. The van der Waals surface area contributed by atoms with Gasteiger partial charge >= 0.3 is 0 Å². The van der Waals surface area contributed by atoms with Crippen molar-refractivity contribution in [3.8, 4) is 0 Å². The van der Waals surface area contributed by atoms with Crippen molar-refractivity contribution in [3.05, 3.63) is 18.5 Å². The van der Waals surface area contributed by atoms with Crippen LogP contribution in [0.4, 0.5) is 0 Å². The number of nitrogens with zero attached hydrogens (tertiary/aromatic N) is 2. The largest absolute Gasteiger partial charge is 0.330 e. The maximum atomic E-state index is 11.5. The molecule has 0 fully saturated rings. The van der Waals surface area contributed by atoms with Crippen LogP contribution >= 0.6 is 0 Å². The Balaban J connectivity index is 2.41. The first kappa shape index (κ1) is 13.1. The Hall–Kier alpha value is -0.920. The standard InChI is InChI=1S/C9H18N4O2S/c1-9(8-13-6-3-5-11-13)12-16(14,15)7-2-4-10/h3,5-6,9,12H,2,4,7-8,10H2,1H3. The molecule has 7 heteroatoms. The van der Waals surface area contributed by atoms with Crippen molar-refractivity contribution in [1.29, 1.82) is 0 Å². The van der Waals surface area contributed by atoms with Crippen molar-refractivity contribution in [1.82, 2.24) is 14.5 Å². The Morgan fingerprint density at radius 2 is 2.31 bits per heavy atom. The topological polar surface area (TPSA) is 90.0 Å². The van der Waals surface area contributed by atoms with E-state index in [1.807, 2.05) is 6.92 Å². The summed E-state index contributed by atoms with van der Waals surface area (Å²) in [5, 5.41) is 4.01. The van der Waals surface area contributed by atoms with Crippen molar-refractivity contribution in [3.63, 3.8) is 0 Å². The lowest BCUT2D eigenvalue weighted by Gasteiger charge is -2.13. The molecule has 1 atom stereocenters. The first-order valence-electron chi connectivity index (χ1n) is 5.21. The van der Waals surface area contributed by atoms with Gasteiger partial charge in [-0.3, -0.25) is 4.68 Å². The van der Waals surface area contributed by atoms with E-state index in [0.29, 0.717) is 19.5 Å². The van der Waals surface area contributed by atoms with Gasteiger partial charge in [0.25, 0.3) is 0 Å². The molecule has 0 aliphatic heterocycles. The molecule has 0 spiro atoms. The highest BCUT2D eigenvalue weighted by Crippen LogP contribution is 1.95. The summed E-state index contributed by atoms with van der Waals surface area (Å²) >= 11 is 0. The van der Waals surface area contributed by atoms with E-state index < -0.39 is 10.0 Å². The molecule has 0 aliphatic carbocycles. The average molecular weight is 246 g/mol. The number of aromatic nitrogens is 2. The molecule has 92 valence electrons. The molecule has 0 radical (unpaired) electrons. The van der Waals surface area contributed by atoms with Crippen LogP contribution < -0.4 is 10.5 Å². The van der Waals surface area contributed by atoms with E-state index in [1.165, 1.54) is 0 Å². The third kappa shape index (κ3) is 4.73. The Labute approximate surface area is 95.9 Å². The van der Waals surface area contributed by atoms with Gasteiger partial charge in [-0.25, -0.2) is 13.1 Å². The van der Waals surface area contributed by atoms with Crippen molar-refractivity contribution < 1.29 is 8.42 Å². The molecule has 0 aromatic carbocycles. The summed E-state index contributed by atoms with van der Waals surface area (Å²) in [7, 11) is -3.22. The van der Waals surface area contributed by atoms with Gasteiger partial charge < -0.3 is 5.73 Å². The van der Waals surface area contributed by atoms with Crippen molar-refractivity contribution in [2.24, 2.45) is 5.73 Å². The second kappa shape index (κ2) is 5.97. The van der Waals surface area contributed by atoms with Gasteiger partial charge in [-0.15, -0.1) is 0 Å². The SMILES string of the molecule is CC(Cn1cccn1)NS(=O)(=O)CCCN. The molecule has 6 nitrogen and oxygen atoms in total. The van der Waals surface area contributed by atoms with Crippen LogP contribution in [0.15, 0.2) is 18.5 Å². The maximum absolute atomic E-state index is 11.5. The molecule has 0 bridgehead atoms. The highest BCUT2D eigenvalue weighted by atomic mass is 32.2. The third-order valence-corrected chi connectivity index (χ3v) is 3.61. The number of rotatable bonds is 7. The van der Waals surface area contributed by atoms with Gasteiger partial charge in [-0.2, -0.15) is 5.10 Å². The zero-order valence-electron chi connectivity index (χ0n) is 9.33. The normalized spacial score (nSPS) is 13.9. The summed E-state index contributed by atoms with van der Waals surface area (Å²) in [6, 6.07) is 1.62. The van der Waals surface area contributed by atoms with Crippen LogP contribution in [0.25, 0.3) is 0 Å². The fourth-order valence-electron chi connectivity index (χ4n) is 1.37. The van der Waals surface area contributed by atoms with Crippen molar-refractivity contribution in [2.75, 3.05) is 12.3 Å².